The quantitative estimate of drug-likeness (QED) is 0.875. The van der Waals surface area contributed by atoms with Crippen molar-refractivity contribution in [3.63, 3.8) is 0 Å². The van der Waals surface area contributed by atoms with Crippen LogP contribution in [0.25, 0.3) is 0 Å². The first-order valence-electron chi connectivity index (χ1n) is 6.99. The molecular weight excluding hydrogens is 286 g/mol. The van der Waals surface area contributed by atoms with Crippen LogP contribution in [0.15, 0.2) is 23.6 Å². The van der Waals surface area contributed by atoms with Crippen molar-refractivity contribution in [1.82, 2.24) is 15.1 Å². The standard InChI is InChI=1S/C15H17N3O2S/c1-3-12-10-7-9-21-13(10)6-8-18(12)15(19)11-4-5-14(20-2)17-16-11/h4-5,7,9,12H,3,6,8H2,1-2H3/t12-/m0/s1. The molecule has 0 aliphatic carbocycles. The Kier molecular flexibility index (Phi) is 3.88. The Morgan fingerprint density at radius 3 is 2.95 bits per heavy atom. The average molecular weight is 303 g/mol. The van der Waals surface area contributed by atoms with Gasteiger partial charge in [-0.2, -0.15) is 0 Å². The highest BCUT2D eigenvalue weighted by molar-refractivity contribution is 7.10. The molecule has 0 fully saturated rings. The van der Waals surface area contributed by atoms with Crippen molar-refractivity contribution < 1.29 is 9.53 Å². The summed E-state index contributed by atoms with van der Waals surface area (Å²) >= 11 is 1.78. The summed E-state index contributed by atoms with van der Waals surface area (Å²) in [4.78, 5) is 16.0. The summed E-state index contributed by atoms with van der Waals surface area (Å²) in [5.74, 6) is 0.353. The Morgan fingerprint density at radius 1 is 1.43 bits per heavy atom. The lowest BCUT2D eigenvalue weighted by Gasteiger charge is -2.35. The van der Waals surface area contributed by atoms with E-state index >= 15 is 0 Å². The second-order valence-electron chi connectivity index (χ2n) is 4.93. The summed E-state index contributed by atoms with van der Waals surface area (Å²) in [5.41, 5.74) is 1.65. The van der Waals surface area contributed by atoms with Gasteiger partial charge in [-0.05, 0) is 35.9 Å². The van der Waals surface area contributed by atoms with E-state index in [0.717, 1.165) is 19.4 Å². The van der Waals surface area contributed by atoms with Crippen LogP contribution in [-0.4, -0.2) is 34.7 Å². The molecule has 0 radical (unpaired) electrons. The highest BCUT2D eigenvalue weighted by Crippen LogP contribution is 2.35. The molecule has 1 amide bonds. The van der Waals surface area contributed by atoms with E-state index in [-0.39, 0.29) is 11.9 Å². The molecule has 0 saturated carbocycles. The molecule has 110 valence electrons. The van der Waals surface area contributed by atoms with Gasteiger partial charge >= 0.3 is 0 Å². The van der Waals surface area contributed by atoms with Gasteiger partial charge in [0, 0.05) is 17.5 Å². The van der Waals surface area contributed by atoms with E-state index in [9.17, 15) is 4.79 Å². The van der Waals surface area contributed by atoms with Crippen molar-refractivity contribution in [3.8, 4) is 5.88 Å². The maximum absolute atomic E-state index is 12.7. The summed E-state index contributed by atoms with van der Waals surface area (Å²) < 4.78 is 4.98. The maximum Gasteiger partial charge on any atom is 0.274 e. The number of hydrogen-bond donors (Lipinski definition) is 0. The van der Waals surface area contributed by atoms with Crippen molar-refractivity contribution in [1.29, 1.82) is 0 Å². The van der Waals surface area contributed by atoms with Crippen molar-refractivity contribution >= 4 is 17.2 Å². The summed E-state index contributed by atoms with van der Waals surface area (Å²) in [6, 6.07) is 5.61. The zero-order valence-electron chi connectivity index (χ0n) is 12.1. The topological polar surface area (TPSA) is 55.3 Å². The van der Waals surface area contributed by atoms with E-state index < -0.39 is 0 Å². The lowest BCUT2D eigenvalue weighted by molar-refractivity contribution is 0.0650. The Labute approximate surface area is 127 Å². The number of rotatable bonds is 3. The van der Waals surface area contributed by atoms with E-state index in [2.05, 4.69) is 28.6 Å². The van der Waals surface area contributed by atoms with Crippen molar-refractivity contribution in [2.45, 2.75) is 25.8 Å². The van der Waals surface area contributed by atoms with E-state index in [0.29, 0.717) is 11.6 Å². The van der Waals surface area contributed by atoms with Crippen LogP contribution >= 0.6 is 11.3 Å². The summed E-state index contributed by atoms with van der Waals surface area (Å²) in [6.45, 7) is 2.84. The first kappa shape index (κ1) is 14.0. The van der Waals surface area contributed by atoms with Crippen LogP contribution in [0, 0.1) is 0 Å². The largest absolute Gasteiger partial charge is 0.480 e. The molecule has 2 aromatic heterocycles. The summed E-state index contributed by atoms with van der Waals surface area (Å²) in [7, 11) is 1.53. The highest BCUT2D eigenvalue weighted by atomic mass is 32.1. The fraction of sp³-hybridized carbons (Fsp3) is 0.400. The molecule has 0 N–H and O–H groups in total. The molecule has 0 bridgehead atoms. The Morgan fingerprint density at radius 2 is 2.29 bits per heavy atom. The number of amides is 1. The number of ether oxygens (including phenoxy) is 1. The normalized spacial score (nSPS) is 17.4. The fourth-order valence-electron chi connectivity index (χ4n) is 2.77. The van der Waals surface area contributed by atoms with Crippen LogP contribution in [0.5, 0.6) is 5.88 Å². The molecule has 6 heteroatoms. The zero-order valence-corrected chi connectivity index (χ0v) is 12.9. The van der Waals surface area contributed by atoms with Crippen LogP contribution in [0.3, 0.4) is 0 Å². The van der Waals surface area contributed by atoms with Crippen molar-refractivity contribution in [2.75, 3.05) is 13.7 Å². The van der Waals surface area contributed by atoms with Crippen LogP contribution in [0.1, 0.15) is 40.3 Å². The van der Waals surface area contributed by atoms with Crippen molar-refractivity contribution in [2.24, 2.45) is 0 Å². The number of thiophene rings is 1. The molecule has 0 aromatic carbocycles. The first-order chi connectivity index (χ1) is 10.2. The van der Waals surface area contributed by atoms with Gasteiger partial charge in [0.15, 0.2) is 5.69 Å². The van der Waals surface area contributed by atoms with Crippen molar-refractivity contribution in [3.05, 3.63) is 39.7 Å². The molecule has 0 unspecified atom stereocenters. The molecule has 21 heavy (non-hydrogen) atoms. The summed E-state index contributed by atoms with van der Waals surface area (Å²) in [5, 5.41) is 9.96. The monoisotopic (exact) mass is 303 g/mol. The molecule has 1 aliphatic heterocycles. The van der Waals surface area contributed by atoms with Gasteiger partial charge in [0.2, 0.25) is 5.88 Å². The molecule has 0 spiro atoms. The lowest BCUT2D eigenvalue weighted by Crippen LogP contribution is -2.39. The number of methoxy groups -OCH3 is 1. The number of carbonyl (C=O) groups excluding carboxylic acids is 1. The third-order valence-corrected chi connectivity index (χ3v) is 4.81. The second kappa shape index (κ2) is 5.81. The van der Waals surface area contributed by atoms with Gasteiger partial charge in [-0.1, -0.05) is 6.92 Å². The van der Waals surface area contributed by atoms with E-state index in [1.165, 1.54) is 17.6 Å². The van der Waals surface area contributed by atoms with Gasteiger partial charge in [-0.25, -0.2) is 0 Å². The van der Waals surface area contributed by atoms with E-state index in [1.54, 1.807) is 23.5 Å². The van der Waals surface area contributed by atoms with Crippen LogP contribution in [0.4, 0.5) is 0 Å². The molecule has 5 nitrogen and oxygen atoms in total. The van der Waals surface area contributed by atoms with Crippen LogP contribution < -0.4 is 4.74 Å². The molecule has 3 rings (SSSR count). The number of carbonyl (C=O) groups is 1. The lowest BCUT2D eigenvalue weighted by atomic mass is 9.97. The van der Waals surface area contributed by atoms with Gasteiger partial charge in [-0.3, -0.25) is 4.79 Å². The molecule has 0 saturated heterocycles. The smallest absolute Gasteiger partial charge is 0.274 e. The molecule has 1 aliphatic rings. The summed E-state index contributed by atoms with van der Waals surface area (Å²) in [6.07, 6.45) is 1.82. The minimum atomic E-state index is -0.0612. The van der Waals surface area contributed by atoms with Gasteiger partial charge in [0.25, 0.3) is 5.91 Å². The third kappa shape index (κ3) is 2.51. The van der Waals surface area contributed by atoms with E-state index in [1.807, 2.05) is 4.90 Å². The molecule has 2 aromatic rings. The average Bonchev–Trinajstić information content (AvgIpc) is 3.02. The predicted molar refractivity (Wildman–Crippen MR) is 80.7 cm³/mol. The molecule has 1 atom stereocenters. The number of fused-ring (bicyclic) bond motifs is 1. The SMILES string of the molecule is CC[C@H]1c2ccsc2CCN1C(=O)c1ccc(OC)nn1. The van der Waals surface area contributed by atoms with Gasteiger partial charge < -0.3 is 9.64 Å². The van der Waals surface area contributed by atoms with Crippen LogP contribution in [-0.2, 0) is 6.42 Å². The minimum absolute atomic E-state index is 0.0612. The number of hydrogen-bond acceptors (Lipinski definition) is 5. The van der Waals surface area contributed by atoms with Crippen LogP contribution in [0.2, 0.25) is 0 Å². The third-order valence-electron chi connectivity index (χ3n) is 3.81. The van der Waals surface area contributed by atoms with E-state index in [4.69, 9.17) is 4.74 Å². The Hall–Kier alpha value is -1.95. The molecule has 3 heterocycles. The Bertz CT molecular complexity index is 639. The number of nitrogens with zero attached hydrogens (tertiary/aromatic N) is 3. The molecular formula is C15H17N3O2S. The predicted octanol–water partition coefficient (Wildman–Crippen LogP) is 2.70. The number of aromatic nitrogens is 2. The minimum Gasteiger partial charge on any atom is -0.480 e. The highest BCUT2D eigenvalue weighted by Gasteiger charge is 2.31. The van der Waals surface area contributed by atoms with Gasteiger partial charge in [0.05, 0.1) is 13.2 Å². The van der Waals surface area contributed by atoms with Gasteiger partial charge in [0.1, 0.15) is 0 Å². The first-order valence-corrected chi connectivity index (χ1v) is 7.87. The second-order valence-corrected chi connectivity index (χ2v) is 5.93. The zero-order chi connectivity index (χ0) is 14.8. The fourth-order valence-corrected chi connectivity index (χ4v) is 3.70. The Balaban J connectivity index is 1.87. The maximum atomic E-state index is 12.7. The van der Waals surface area contributed by atoms with Gasteiger partial charge in [-0.15, -0.1) is 21.5 Å².